The summed E-state index contributed by atoms with van der Waals surface area (Å²) in [5.74, 6) is -0.416. The number of aromatic nitrogens is 2. The van der Waals surface area contributed by atoms with E-state index in [1.807, 2.05) is 18.3 Å². The van der Waals surface area contributed by atoms with Crippen LogP contribution < -0.4 is 5.73 Å². The maximum atomic E-state index is 11.4. The number of benzene rings is 1. The second-order valence-corrected chi connectivity index (χ2v) is 4.55. The van der Waals surface area contributed by atoms with Crippen LogP contribution in [0.4, 0.5) is 0 Å². The van der Waals surface area contributed by atoms with E-state index < -0.39 is 5.91 Å². The molecule has 17 heavy (non-hydrogen) atoms. The smallest absolute Gasteiger partial charge is 0.249 e. The number of rotatable bonds is 2. The molecule has 2 aromatic heterocycles. The van der Waals surface area contributed by atoms with E-state index in [-0.39, 0.29) is 0 Å². The molecular weight excluding hydrogens is 234 g/mol. The van der Waals surface area contributed by atoms with E-state index in [1.54, 1.807) is 17.8 Å². The number of carbonyl (C=O) groups is 1. The molecule has 0 saturated heterocycles. The number of H-pyrrole nitrogens is 1. The first-order valence-electron chi connectivity index (χ1n) is 5.06. The van der Waals surface area contributed by atoms with E-state index >= 15 is 0 Å². The van der Waals surface area contributed by atoms with Crippen molar-refractivity contribution in [3.8, 4) is 10.4 Å². The van der Waals surface area contributed by atoms with Gasteiger partial charge in [0.15, 0.2) is 0 Å². The van der Waals surface area contributed by atoms with Crippen LogP contribution in [-0.2, 0) is 0 Å². The van der Waals surface area contributed by atoms with Crippen LogP contribution in [0.5, 0.6) is 0 Å². The van der Waals surface area contributed by atoms with Gasteiger partial charge in [0.2, 0.25) is 5.91 Å². The molecule has 0 aliphatic heterocycles. The molecule has 3 N–H and O–H groups in total. The first-order chi connectivity index (χ1) is 8.27. The first-order valence-corrected chi connectivity index (χ1v) is 5.94. The molecule has 5 heteroatoms. The summed E-state index contributed by atoms with van der Waals surface area (Å²) < 4.78 is 0. The number of hydrogen-bond acceptors (Lipinski definition) is 3. The van der Waals surface area contributed by atoms with Crippen molar-refractivity contribution in [1.29, 1.82) is 0 Å². The number of nitrogens with two attached hydrogens (primary N) is 1. The number of thiazole rings is 1. The Morgan fingerprint density at radius 3 is 3.00 bits per heavy atom. The average Bonchev–Trinajstić information content (AvgIpc) is 2.96. The number of fused-ring (bicyclic) bond motifs is 1. The molecule has 1 amide bonds. The number of nitrogens with one attached hydrogen (secondary N) is 1. The van der Waals surface area contributed by atoms with Crippen molar-refractivity contribution in [2.24, 2.45) is 5.73 Å². The highest BCUT2D eigenvalue weighted by Crippen LogP contribution is 2.32. The van der Waals surface area contributed by atoms with Gasteiger partial charge in [-0.05, 0) is 12.1 Å². The molecule has 1 aromatic carbocycles. The average molecular weight is 243 g/mol. The Hall–Kier alpha value is -2.14. The Labute approximate surface area is 101 Å². The molecule has 0 radical (unpaired) electrons. The van der Waals surface area contributed by atoms with Crippen molar-refractivity contribution in [1.82, 2.24) is 9.97 Å². The first kappa shape index (κ1) is 10.0. The van der Waals surface area contributed by atoms with Crippen LogP contribution in [0.2, 0.25) is 0 Å². The van der Waals surface area contributed by atoms with Gasteiger partial charge < -0.3 is 10.7 Å². The Balaban J connectivity index is 2.37. The largest absolute Gasteiger partial charge is 0.366 e. The van der Waals surface area contributed by atoms with Gasteiger partial charge in [0.05, 0.1) is 10.4 Å². The minimum Gasteiger partial charge on any atom is -0.366 e. The van der Waals surface area contributed by atoms with Crippen LogP contribution in [0.3, 0.4) is 0 Å². The molecule has 3 rings (SSSR count). The van der Waals surface area contributed by atoms with E-state index in [0.29, 0.717) is 5.56 Å². The molecule has 0 aliphatic rings. The molecule has 4 nitrogen and oxygen atoms in total. The summed E-state index contributed by atoms with van der Waals surface area (Å²) >= 11 is 1.53. The number of hydrogen-bond donors (Lipinski definition) is 2. The second kappa shape index (κ2) is 3.71. The molecule has 0 atom stereocenters. The van der Waals surface area contributed by atoms with E-state index in [9.17, 15) is 4.79 Å². The molecule has 0 aliphatic carbocycles. The molecule has 3 aromatic rings. The van der Waals surface area contributed by atoms with Crippen molar-refractivity contribution >= 4 is 28.1 Å². The van der Waals surface area contributed by atoms with Crippen LogP contribution in [-0.4, -0.2) is 15.9 Å². The molecule has 0 saturated carbocycles. The third-order valence-corrected chi connectivity index (χ3v) is 3.48. The fourth-order valence-corrected chi connectivity index (χ4v) is 2.58. The van der Waals surface area contributed by atoms with Gasteiger partial charge in [0.1, 0.15) is 0 Å². The number of primary amides is 1. The molecule has 84 valence electrons. The van der Waals surface area contributed by atoms with Crippen LogP contribution in [0.15, 0.2) is 36.1 Å². The second-order valence-electron chi connectivity index (χ2n) is 3.66. The number of aromatic amines is 1. The summed E-state index contributed by atoms with van der Waals surface area (Å²) in [5, 5.41) is 0.865. The summed E-state index contributed by atoms with van der Waals surface area (Å²) in [7, 11) is 0. The third-order valence-electron chi connectivity index (χ3n) is 2.67. The zero-order chi connectivity index (χ0) is 11.8. The highest BCUT2D eigenvalue weighted by atomic mass is 32.1. The SMILES string of the molecule is NC(=O)c1cccc2[nH]cc(-c3cncs3)c12. The molecule has 0 bridgehead atoms. The van der Waals surface area contributed by atoms with Crippen molar-refractivity contribution in [3.63, 3.8) is 0 Å². The predicted molar refractivity (Wildman–Crippen MR) is 67.9 cm³/mol. The third kappa shape index (κ3) is 1.52. The minimum absolute atomic E-state index is 0.416. The van der Waals surface area contributed by atoms with Crippen LogP contribution in [0.1, 0.15) is 10.4 Å². The van der Waals surface area contributed by atoms with Crippen LogP contribution in [0, 0.1) is 0 Å². The normalized spacial score (nSPS) is 10.8. The van der Waals surface area contributed by atoms with Crippen molar-refractivity contribution in [3.05, 3.63) is 41.7 Å². The van der Waals surface area contributed by atoms with Gasteiger partial charge in [0, 0.05) is 34.4 Å². The molecule has 0 fully saturated rings. The van der Waals surface area contributed by atoms with Crippen LogP contribution >= 0.6 is 11.3 Å². The van der Waals surface area contributed by atoms with E-state index in [0.717, 1.165) is 21.3 Å². The molecule has 0 unspecified atom stereocenters. The molecular formula is C12H9N3OS. The lowest BCUT2D eigenvalue weighted by atomic mass is 10.1. The summed E-state index contributed by atoms with van der Waals surface area (Å²) in [6.45, 7) is 0. The maximum Gasteiger partial charge on any atom is 0.249 e. The predicted octanol–water partition coefficient (Wildman–Crippen LogP) is 2.39. The highest BCUT2D eigenvalue weighted by molar-refractivity contribution is 7.13. The number of amides is 1. The van der Waals surface area contributed by atoms with Crippen LogP contribution in [0.25, 0.3) is 21.3 Å². The summed E-state index contributed by atoms with van der Waals surface area (Å²) in [5.41, 5.74) is 9.57. The maximum absolute atomic E-state index is 11.4. The summed E-state index contributed by atoms with van der Waals surface area (Å²) in [4.78, 5) is 19.6. The van der Waals surface area contributed by atoms with E-state index in [2.05, 4.69) is 9.97 Å². The standard InChI is InChI=1S/C12H9N3OS/c13-12(16)7-2-1-3-9-11(7)8(4-15-9)10-5-14-6-17-10/h1-6,15H,(H2,13,16). The van der Waals surface area contributed by atoms with E-state index in [1.165, 1.54) is 11.3 Å². The lowest BCUT2D eigenvalue weighted by molar-refractivity contribution is 0.100. The fraction of sp³-hybridized carbons (Fsp3) is 0. The monoisotopic (exact) mass is 243 g/mol. The van der Waals surface area contributed by atoms with Gasteiger partial charge >= 0.3 is 0 Å². The molecule has 2 heterocycles. The van der Waals surface area contributed by atoms with Gasteiger partial charge in [-0.2, -0.15) is 0 Å². The zero-order valence-electron chi connectivity index (χ0n) is 8.81. The summed E-state index contributed by atoms with van der Waals surface area (Å²) in [6, 6.07) is 5.48. The molecule has 0 spiro atoms. The van der Waals surface area contributed by atoms with Gasteiger partial charge in [-0.25, -0.2) is 0 Å². The Bertz CT molecular complexity index is 685. The van der Waals surface area contributed by atoms with Gasteiger partial charge in [-0.3, -0.25) is 9.78 Å². The van der Waals surface area contributed by atoms with Crippen molar-refractivity contribution in [2.45, 2.75) is 0 Å². The van der Waals surface area contributed by atoms with Crippen molar-refractivity contribution in [2.75, 3.05) is 0 Å². The fourth-order valence-electron chi connectivity index (χ4n) is 1.93. The lowest BCUT2D eigenvalue weighted by Gasteiger charge is -2.00. The van der Waals surface area contributed by atoms with Gasteiger partial charge in [0.25, 0.3) is 0 Å². The van der Waals surface area contributed by atoms with Gasteiger partial charge in [-0.15, -0.1) is 11.3 Å². The zero-order valence-corrected chi connectivity index (χ0v) is 9.62. The van der Waals surface area contributed by atoms with E-state index in [4.69, 9.17) is 5.73 Å². The number of carbonyl (C=O) groups excluding carboxylic acids is 1. The number of nitrogens with zero attached hydrogens (tertiary/aromatic N) is 1. The quantitative estimate of drug-likeness (QED) is 0.725. The topological polar surface area (TPSA) is 71.8 Å². The Kier molecular flexibility index (Phi) is 2.19. The van der Waals surface area contributed by atoms with Gasteiger partial charge in [-0.1, -0.05) is 6.07 Å². The minimum atomic E-state index is -0.416. The van der Waals surface area contributed by atoms with Crippen molar-refractivity contribution < 1.29 is 4.79 Å². The Morgan fingerprint density at radius 2 is 2.29 bits per heavy atom. The lowest BCUT2D eigenvalue weighted by Crippen LogP contribution is -2.11. The summed E-state index contributed by atoms with van der Waals surface area (Å²) in [6.07, 6.45) is 3.66. The highest BCUT2D eigenvalue weighted by Gasteiger charge is 2.13. The Morgan fingerprint density at radius 1 is 1.41 bits per heavy atom.